The van der Waals surface area contributed by atoms with Gasteiger partial charge in [0.2, 0.25) is 11.7 Å². The zero-order chi connectivity index (χ0) is 14.1. The third-order valence-electron chi connectivity index (χ3n) is 3.68. The first-order valence-corrected chi connectivity index (χ1v) is 6.95. The van der Waals surface area contributed by atoms with Gasteiger partial charge in [-0.2, -0.15) is 4.98 Å². The second-order valence-corrected chi connectivity index (χ2v) is 5.48. The molecule has 1 N–H and O–H groups in total. The maximum Gasteiger partial charge on any atom is 0.231 e. The zero-order valence-electron chi connectivity index (χ0n) is 11.4. The van der Waals surface area contributed by atoms with E-state index in [1.165, 1.54) is 0 Å². The largest absolute Gasteiger partial charge is 0.496 e. The van der Waals surface area contributed by atoms with Crippen LogP contribution in [0.2, 0.25) is 5.02 Å². The zero-order valence-corrected chi connectivity index (χ0v) is 12.1. The summed E-state index contributed by atoms with van der Waals surface area (Å²) in [6, 6.07) is 5.37. The van der Waals surface area contributed by atoms with Gasteiger partial charge >= 0.3 is 0 Å². The lowest BCUT2D eigenvalue weighted by atomic mass is 9.98. The number of ether oxygens (including phenoxy) is 1. The van der Waals surface area contributed by atoms with Crippen LogP contribution < -0.4 is 10.1 Å². The number of rotatable bonds is 3. The van der Waals surface area contributed by atoms with Crippen molar-refractivity contribution in [3.05, 3.63) is 29.1 Å². The van der Waals surface area contributed by atoms with E-state index in [4.69, 9.17) is 20.9 Å². The Morgan fingerprint density at radius 2 is 2.25 bits per heavy atom. The van der Waals surface area contributed by atoms with Crippen LogP contribution in [-0.2, 0) is 0 Å². The van der Waals surface area contributed by atoms with Gasteiger partial charge < -0.3 is 14.6 Å². The quantitative estimate of drug-likeness (QED) is 0.943. The number of hydrogen-bond donors (Lipinski definition) is 1. The number of aromatic nitrogens is 2. The summed E-state index contributed by atoms with van der Waals surface area (Å²) in [4.78, 5) is 4.51. The Kier molecular flexibility index (Phi) is 3.63. The van der Waals surface area contributed by atoms with Crippen molar-refractivity contribution in [3.8, 4) is 17.1 Å². The van der Waals surface area contributed by atoms with Gasteiger partial charge in [-0.15, -0.1) is 0 Å². The summed E-state index contributed by atoms with van der Waals surface area (Å²) in [6.45, 7) is 4.03. The highest BCUT2D eigenvalue weighted by Crippen LogP contribution is 2.33. The molecule has 0 aliphatic carbocycles. The molecule has 106 valence electrons. The molecule has 2 heterocycles. The Morgan fingerprint density at radius 3 is 2.95 bits per heavy atom. The van der Waals surface area contributed by atoms with E-state index in [9.17, 15) is 0 Å². The van der Waals surface area contributed by atoms with Gasteiger partial charge in [-0.25, -0.2) is 0 Å². The number of hydrogen-bond acceptors (Lipinski definition) is 5. The summed E-state index contributed by atoms with van der Waals surface area (Å²) in [5.41, 5.74) is 0.783. The second kappa shape index (κ2) is 5.42. The van der Waals surface area contributed by atoms with Gasteiger partial charge in [0.1, 0.15) is 5.75 Å². The molecule has 0 spiro atoms. The third-order valence-corrected chi connectivity index (χ3v) is 3.92. The van der Waals surface area contributed by atoms with Crippen molar-refractivity contribution in [3.63, 3.8) is 0 Å². The Bertz CT molecular complexity index is 614. The molecule has 1 aliphatic rings. The van der Waals surface area contributed by atoms with E-state index in [-0.39, 0.29) is 5.92 Å². The summed E-state index contributed by atoms with van der Waals surface area (Å²) < 4.78 is 10.7. The van der Waals surface area contributed by atoms with Gasteiger partial charge in [0, 0.05) is 11.6 Å². The van der Waals surface area contributed by atoms with Gasteiger partial charge in [-0.1, -0.05) is 23.7 Å². The first kappa shape index (κ1) is 13.4. The van der Waals surface area contributed by atoms with E-state index in [1.54, 1.807) is 19.2 Å². The third kappa shape index (κ3) is 2.39. The van der Waals surface area contributed by atoms with E-state index in [2.05, 4.69) is 22.4 Å². The average molecular weight is 294 g/mol. The van der Waals surface area contributed by atoms with E-state index in [1.807, 2.05) is 6.07 Å². The first-order chi connectivity index (χ1) is 9.69. The fourth-order valence-corrected chi connectivity index (χ4v) is 2.65. The molecule has 1 fully saturated rings. The summed E-state index contributed by atoms with van der Waals surface area (Å²) in [7, 11) is 1.60. The van der Waals surface area contributed by atoms with Crippen molar-refractivity contribution < 1.29 is 9.26 Å². The highest BCUT2D eigenvalue weighted by molar-refractivity contribution is 6.30. The molecule has 0 bridgehead atoms. The molecule has 0 radical (unpaired) electrons. The summed E-state index contributed by atoms with van der Waals surface area (Å²) in [5, 5.41) is 8.01. The molecule has 20 heavy (non-hydrogen) atoms. The smallest absolute Gasteiger partial charge is 0.231 e. The molecule has 5 nitrogen and oxygen atoms in total. The number of halogens is 1. The predicted molar refractivity (Wildman–Crippen MR) is 76.1 cm³/mol. The standard InChI is InChI=1S/C14H16ClN3O2/c1-8-6-16-7-11(8)14-17-13(18-20-14)10-4-3-9(15)5-12(10)19-2/h3-5,8,11,16H,6-7H2,1-2H3/t8-,11-/m1/s1. The monoisotopic (exact) mass is 293 g/mol. The lowest BCUT2D eigenvalue weighted by Gasteiger charge is -2.07. The fourth-order valence-electron chi connectivity index (χ4n) is 2.49. The molecule has 2 atom stereocenters. The molecule has 1 aliphatic heterocycles. The van der Waals surface area contributed by atoms with Crippen molar-refractivity contribution in [2.45, 2.75) is 12.8 Å². The van der Waals surface area contributed by atoms with Gasteiger partial charge in [-0.05, 0) is 30.7 Å². The summed E-state index contributed by atoms with van der Waals surface area (Å²) in [6.07, 6.45) is 0. The van der Waals surface area contributed by atoms with E-state index >= 15 is 0 Å². The SMILES string of the molecule is COc1cc(Cl)ccc1-c1noc([C@@H]2CNC[C@H]2C)n1. The number of methoxy groups -OCH3 is 1. The molecule has 3 rings (SSSR count). The predicted octanol–water partition coefficient (Wildman–Crippen LogP) is 2.72. The Hall–Kier alpha value is -1.59. The fraction of sp³-hybridized carbons (Fsp3) is 0.429. The molecular formula is C14H16ClN3O2. The first-order valence-electron chi connectivity index (χ1n) is 6.57. The van der Waals surface area contributed by atoms with Crippen molar-refractivity contribution >= 4 is 11.6 Å². The van der Waals surface area contributed by atoms with Crippen molar-refractivity contribution in [2.24, 2.45) is 5.92 Å². The van der Waals surface area contributed by atoms with Crippen molar-refractivity contribution in [1.82, 2.24) is 15.5 Å². The van der Waals surface area contributed by atoms with Crippen LogP contribution in [0.25, 0.3) is 11.4 Å². The van der Waals surface area contributed by atoms with Crippen LogP contribution in [0.4, 0.5) is 0 Å². The number of benzene rings is 1. The highest BCUT2D eigenvalue weighted by Gasteiger charge is 2.30. The lowest BCUT2D eigenvalue weighted by molar-refractivity contribution is 0.339. The van der Waals surface area contributed by atoms with Gasteiger partial charge in [-0.3, -0.25) is 0 Å². The number of nitrogens with one attached hydrogen (secondary N) is 1. The van der Waals surface area contributed by atoms with Gasteiger partial charge in [0.15, 0.2) is 0 Å². The van der Waals surface area contributed by atoms with Crippen LogP contribution in [0.15, 0.2) is 22.7 Å². The van der Waals surface area contributed by atoms with E-state index < -0.39 is 0 Å². The van der Waals surface area contributed by atoms with E-state index in [0.717, 1.165) is 18.7 Å². The number of nitrogens with zero attached hydrogens (tertiary/aromatic N) is 2. The molecule has 2 aromatic rings. The summed E-state index contributed by atoms with van der Waals surface area (Å²) in [5.74, 6) is 2.62. The molecule has 1 aromatic carbocycles. The van der Waals surface area contributed by atoms with Crippen LogP contribution in [0.3, 0.4) is 0 Å². The van der Waals surface area contributed by atoms with Crippen LogP contribution in [0.1, 0.15) is 18.7 Å². The topological polar surface area (TPSA) is 60.2 Å². The van der Waals surface area contributed by atoms with E-state index in [0.29, 0.717) is 28.4 Å². The molecular weight excluding hydrogens is 278 g/mol. The molecule has 0 saturated carbocycles. The lowest BCUT2D eigenvalue weighted by Crippen LogP contribution is -2.08. The normalized spacial score (nSPS) is 22.1. The minimum Gasteiger partial charge on any atom is -0.496 e. The minimum atomic E-state index is 0.273. The van der Waals surface area contributed by atoms with Crippen LogP contribution in [0.5, 0.6) is 5.75 Å². The minimum absolute atomic E-state index is 0.273. The highest BCUT2D eigenvalue weighted by atomic mass is 35.5. The Balaban J connectivity index is 1.94. The Labute approximate surface area is 122 Å². The molecule has 1 aromatic heterocycles. The molecule has 0 amide bonds. The maximum atomic E-state index is 5.96. The second-order valence-electron chi connectivity index (χ2n) is 5.04. The van der Waals surface area contributed by atoms with Gasteiger partial charge in [0.25, 0.3) is 0 Å². The van der Waals surface area contributed by atoms with Gasteiger partial charge in [0.05, 0.1) is 18.6 Å². The molecule has 6 heteroatoms. The Morgan fingerprint density at radius 1 is 1.40 bits per heavy atom. The molecule has 0 unspecified atom stereocenters. The van der Waals surface area contributed by atoms with Crippen molar-refractivity contribution in [1.29, 1.82) is 0 Å². The summed E-state index contributed by atoms with van der Waals surface area (Å²) >= 11 is 5.96. The average Bonchev–Trinajstić information content (AvgIpc) is 3.07. The maximum absolute atomic E-state index is 5.96. The van der Waals surface area contributed by atoms with Crippen LogP contribution in [-0.4, -0.2) is 30.3 Å². The van der Waals surface area contributed by atoms with Crippen molar-refractivity contribution in [2.75, 3.05) is 20.2 Å². The van der Waals surface area contributed by atoms with Crippen LogP contribution in [0, 0.1) is 5.92 Å². The molecule has 1 saturated heterocycles. The van der Waals surface area contributed by atoms with Crippen LogP contribution >= 0.6 is 11.6 Å².